The van der Waals surface area contributed by atoms with Crippen molar-refractivity contribution in [2.75, 3.05) is 0 Å². The smallest absolute Gasteiger partial charge is 0.0273 e. The Morgan fingerprint density at radius 1 is 0.935 bits per heavy atom. The van der Waals surface area contributed by atoms with Gasteiger partial charge < -0.3 is 0 Å². The van der Waals surface area contributed by atoms with Crippen molar-refractivity contribution >= 4 is 17.3 Å². The van der Waals surface area contributed by atoms with E-state index in [0.717, 1.165) is 5.57 Å². The minimum atomic E-state index is 0.0287. The maximum Gasteiger partial charge on any atom is 0.0273 e. The van der Waals surface area contributed by atoms with Crippen molar-refractivity contribution in [2.45, 2.75) is 70.5 Å². The molecule has 0 spiro atoms. The van der Waals surface area contributed by atoms with Crippen LogP contribution in [0.5, 0.6) is 0 Å². The zero-order valence-corrected chi connectivity index (χ0v) is 20.5. The van der Waals surface area contributed by atoms with Crippen LogP contribution in [0.2, 0.25) is 0 Å². The van der Waals surface area contributed by atoms with Crippen LogP contribution in [-0.2, 0) is 5.41 Å². The highest BCUT2D eigenvalue weighted by molar-refractivity contribution is 8.05. The molecule has 1 heteroatoms. The van der Waals surface area contributed by atoms with Gasteiger partial charge in [-0.25, -0.2) is 0 Å². The summed E-state index contributed by atoms with van der Waals surface area (Å²) in [4.78, 5) is 1.46. The normalized spacial score (nSPS) is 30.9. The molecular weight excluding hydrogens is 392 g/mol. The van der Waals surface area contributed by atoms with Gasteiger partial charge in [0.15, 0.2) is 0 Å². The van der Waals surface area contributed by atoms with Crippen molar-refractivity contribution in [2.24, 2.45) is 5.41 Å². The molecule has 0 aromatic heterocycles. The van der Waals surface area contributed by atoms with Crippen molar-refractivity contribution < 1.29 is 0 Å². The van der Waals surface area contributed by atoms with Gasteiger partial charge >= 0.3 is 0 Å². The fraction of sp³-hybridized carbons (Fsp3) is 0.400. The third-order valence-electron chi connectivity index (χ3n) is 8.48. The summed E-state index contributed by atoms with van der Waals surface area (Å²) in [5.41, 5.74) is 9.77. The van der Waals surface area contributed by atoms with Crippen LogP contribution < -0.4 is 0 Å². The third-order valence-corrected chi connectivity index (χ3v) is 10.3. The van der Waals surface area contributed by atoms with E-state index in [1.807, 2.05) is 0 Å². The van der Waals surface area contributed by atoms with Crippen molar-refractivity contribution in [3.8, 4) is 11.1 Å². The summed E-state index contributed by atoms with van der Waals surface area (Å²) < 4.78 is 0.306. The second-order valence-electron chi connectivity index (χ2n) is 10.5. The first-order valence-corrected chi connectivity index (χ1v) is 12.5. The Labute approximate surface area is 192 Å². The van der Waals surface area contributed by atoms with Crippen LogP contribution in [0.15, 0.2) is 71.7 Å². The molecule has 0 bridgehead atoms. The molecular formula is C30H34S. The molecule has 1 saturated carbocycles. The predicted molar refractivity (Wildman–Crippen MR) is 137 cm³/mol. The van der Waals surface area contributed by atoms with Gasteiger partial charge in [-0.15, -0.1) is 11.8 Å². The lowest BCUT2D eigenvalue weighted by atomic mass is 9.63. The summed E-state index contributed by atoms with van der Waals surface area (Å²) in [5.74, 6) is 0. The summed E-state index contributed by atoms with van der Waals surface area (Å²) >= 11 is 2.10. The first-order chi connectivity index (χ1) is 14.7. The SMILES string of the molecule is C=C(C=C1/C(=C\C)SC2(C)CCCCC12C)c1ccc2c(c1)C(C)(C)c1ccccc1-2. The average Bonchev–Trinajstić information content (AvgIpc) is 3.13. The van der Waals surface area contributed by atoms with Gasteiger partial charge in [0, 0.05) is 20.5 Å². The van der Waals surface area contributed by atoms with Crippen LogP contribution in [0.25, 0.3) is 16.7 Å². The van der Waals surface area contributed by atoms with Gasteiger partial charge in [0.25, 0.3) is 0 Å². The summed E-state index contributed by atoms with van der Waals surface area (Å²) in [7, 11) is 0. The first kappa shape index (κ1) is 20.9. The monoisotopic (exact) mass is 426 g/mol. The lowest BCUT2D eigenvalue weighted by Gasteiger charge is -2.44. The molecule has 2 aromatic rings. The van der Waals surface area contributed by atoms with Gasteiger partial charge in [-0.2, -0.15) is 0 Å². The lowest BCUT2D eigenvalue weighted by Crippen LogP contribution is -2.40. The molecule has 2 unspecified atom stereocenters. The van der Waals surface area contributed by atoms with Gasteiger partial charge in [-0.1, -0.05) is 88.7 Å². The van der Waals surface area contributed by atoms with Crippen molar-refractivity contribution in [3.63, 3.8) is 0 Å². The van der Waals surface area contributed by atoms with Gasteiger partial charge in [-0.05, 0) is 71.7 Å². The van der Waals surface area contributed by atoms with Crippen LogP contribution in [-0.4, -0.2) is 4.75 Å². The standard InChI is InChI=1S/C30H34S/c1-7-27-26(29(5)16-10-11-17-30(29,6)31-27)18-20(2)21-14-15-23-22-12-8-9-13-24(22)28(3,4)25(23)19-21/h7-9,12-15,18-19H,2,10-11,16-17H2,1,3-6H3/b26-18?,27-7+. The maximum atomic E-state index is 4.56. The van der Waals surface area contributed by atoms with E-state index < -0.39 is 0 Å². The Kier molecular flexibility index (Phi) is 4.72. The molecule has 1 heterocycles. The molecule has 2 atom stereocenters. The highest BCUT2D eigenvalue weighted by Crippen LogP contribution is 2.66. The number of fused-ring (bicyclic) bond motifs is 4. The predicted octanol–water partition coefficient (Wildman–Crippen LogP) is 8.92. The van der Waals surface area contributed by atoms with E-state index in [4.69, 9.17) is 0 Å². The van der Waals surface area contributed by atoms with E-state index >= 15 is 0 Å². The molecule has 160 valence electrons. The Hall–Kier alpha value is -1.99. The average molecular weight is 427 g/mol. The fourth-order valence-corrected chi connectivity index (χ4v) is 7.92. The van der Waals surface area contributed by atoms with Gasteiger partial charge in [-0.3, -0.25) is 0 Å². The van der Waals surface area contributed by atoms with E-state index in [2.05, 4.69) is 108 Å². The Bertz CT molecular complexity index is 1140. The molecule has 2 aliphatic carbocycles. The number of benzene rings is 2. The zero-order chi connectivity index (χ0) is 22.0. The Morgan fingerprint density at radius 3 is 2.42 bits per heavy atom. The largest absolute Gasteiger partial charge is 0.119 e. The van der Waals surface area contributed by atoms with E-state index in [0.29, 0.717) is 4.75 Å². The highest BCUT2D eigenvalue weighted by Gasteiger charge is 2.55. The minimum Gasteiger partial charge on any atom is -0.119 e. The molecule has 0 amide bonds. The van der Waals surface area contributed by atoms with Crippen LogP contribution in [0.1, 0.15) is 77.0 Å². The maximum absolute atomic E-state index is 4.56. The van der Waals surface area contributed by atoms with Crippen LogP contribution in [0.3, 0.4) is 0 Å². The number of hydrogen-bond donors (Lipinski definition) is 0. The van der Waals surface area contributed by atoms with Crippen LogP contribution >= 0.6 is 11.8 Å². The molecule has 1 saturated heterocycles. The molecule has 0 N–H and O–H groups in total. The minimum absolute atomic E-state index is 0.0287. The molecule has 31 heavy (non-hydrogen) atoms. The van der Waals surface area contributed by atoms with Gasteiger partial charge in [0.1, 0.15) is 0 Å². The van der Waals surface area contributed by atoms with Crippen molar-refractivity contribution in [1.82, 2.24) is 0 Å². The molecule has 0 nitrogen and oxygen atoms in total. The van der Waals surface area contributed by atoms with E-state index in [1.54, 1.807) is 0 Å². The van der Waals surface area contributed by atoms with E-state index in [9.17, 15) is 0 Å². The highest BCUT2D eigenvalue weighted by atomic mass is 32.2. The summed E-state index contributed by atoms with van der Waals surface area (Å²) in [6, 6.07) is 15.8. The molecule has 3 aliphatic rings. The zero-order valence-electron chi connectivity index (χ0n) is 19.6. The molecule has 1 aliphatic heterocycles. The summed E-state index contributed by atoms with van der Waals surface area (Å²) in [5, 5.41) is 0. The second kappa shape index (κ2) is 7.01. The number of thioether (sulfide) groups is 1. The number of hydrogen-bond acceptors (Lipinski definition) is 1. The number of rotatable bonds is 2. The molecule has 0 radical (unpaired) electrons. The van der Waals surface area contributed by atoms with E-state index in [1.165, 1.54) is 64.0 Å². The van der Waals surface area contributed by atoms with E-state index in [-0.39, 0.29) is 10.8 Å². The third kappa shape index (κ3) is 2.89. The second-order valence-corrected chi connectivity index (χ2v) is 12.1. The van der Waals surface area contributed by atoms with Crippen LogP contribution in [0.4, 0.5) is 0 Å². The molecule has 2 aromatic carbocycles. The summed E-state index contributed by atoms with van der Waals surface area (Å²) in [6.45, 7) is 16.4. The Balaban J connectivity index is 1.57. The van der Waals surface area contributed by atoms with Gasteiger partial charge in [0.2, 0.25) is 0 Å². The Morgan fingerprint density at radius 2 is 1.65 bits per heavy atom. The molecule has 5 rings (SSSR count). The molecule has 2 fully saturated rings. The lowest BCUT2D eigenvalue weighted by molar-refractivity contribution is 0.218. The van der Waals surface area contributed by atoms with Crippen molar-refractivity contribution in [1.29, 1.82) is 0 Å². The number of allylic oxidation sites excluding steroid dienone is 4. The quantitative estimate of drug-likeness (QED) is 0.462. The van der Waals surface area contributed by atoms with Crippen molar-refractivity contribution in [3.05, 3.63) is 88.4 Å². The summed E-state index contributed by atoms with van der Waals surface area (Å²) in [6.07, 6.45) is 10.0. The van der Waals surface area contributed by atoms with Gasteiger partial charge in [0.05, 0.1) is 0 Å². The van der Waals surface area contributed by atoms with Crippen LogP contribution in [0, 0.1) is 5.41 Å². The first-order valence-electron chi connectivity index (χ1n) is 11.7. The fourth-order valence-electron chi connectivity index (χ4n) is 6.24. The topological polar surface area (TPSA) is 0 Å².